The molecular weight excluding hydrogens is 582 g/mol. The van der Waals surface area contributed by atoms with E-state index in [9.17, 15) is 4.79 Å². The lowest BCUT2D eigenvalue weighted by atomic mass is 9.96. The third-order valence-corrected chi connectivity index (χ3v) is 8.35. The number of halogens is 1. The lowest BCUT2D eigenvalue weighted by Gasteiger charge is -2.20. The first-order chi connectivity index (χ1) is 21.6. The Morgan fingerprint density at radius 3 is 2.75 bits per heavy atom. The molecule has 11 heteroatoms. The van der Waals surface area contributed by atoms with Crippen molar-refractivity contribution in [3.63, 3.8) is 0 Å². The number of ether oxygens (including phenoxy) is 4. The minimum absolute atomic E-state index is 0.0860. The zero-order valence-corrected chi connectivity index (χ0v) is 24.8. The van der Waals surface area contributed by atoms with E-state index in [-0.39, 0.29) is 24.7 Å². The van der Waals surface area contributed by atoms with E-state index < -0.39 is 0 Å². The van der Waals surface area contributed by atoms with Gasteiger partial charge in [0, 0.05) is 37.3 Å². The van der Waals surface area contributed by atoms with Crippen LogP contribution in [0.3, 0.4) is 0 Å². The number of nitrogens with one attached hydrogen (secondary N) is 2. The van der Waals surface area contributed by atoms with Crippen molar-refractivity contribution in [2.45, 2.75) is 51.0 Å². The molecule has 10 nitrogen and oxygen atoms in total. The van der Waals surface area contributed by atoms with Crippen LogP contribution in [-0.4, -0.2) is 46.9 Å². The number of fused-ring (bicyclic) bond motifs is 2. The topological polar surface area (TPSA) is 117 Å². The van der Waals surface area contributed by atoms with Crippen LogP contribution in [0.15, 0.2) is 60.8 Å². The summed E-state index contributed by atoms with van der Waals surface area (Å²) in [5, 5.41) is 14.8. The maximum Gasteiger partial charge on any atom is 0.236 e. The van der Waals surface area contributed by atoms with Crippen molar-refractivity contribution in [3.05, 3.63) is 88.2 Å². The monoisotopic (exact) mass is 613 g/mol. The molecule has 2 aromatic carbocycles. The molecule has 0 saturated carbocycles. The molecule has 226 valence electrons. The first-order valence-corrected chi connectivity index (χ1v) is 15.3. The van der Waals surface area contributed by atoms with E-state index in [1.165, 1.54) is 5.56 Å². The molecule has 1 fully saturated rings. The van der Waals surface area contributed by atoms with Crippen LogP contribution in [0.4, 0.5) is 0 Å². The van der Waals surface area contributed by atoms with Crippen molar-refractivity contribution in [2.24, 2.45) is 0 Å². The minimum atomic E-state index is -0.213. The summed E-state index contributed by atoms with van der Waals surface area (Å²) in [5.74, 6) is 2.35. The van der Waals surface area contributed by atoms with Crippen molar-refractivity contribution >= 4 is 17.5 Å². The summed E-state index contributed by atoms with van der Waals surface area (Å²) in [6, 6.07) is 18.0. The molecule has 1 amide bonds. The average molecular weight is 614 g/mol. The summed E-state index contributed by atoms with van der Waals surface area (Å²) in [6.45, 7) is 2.40. The maximum absolute atomic E-state index is 11.6. The molecule has 2 atom stereocenters. The highest BCUT2D eigenvalue weighted by Gasteiger charge is 2.29. The van der Waals surface area contributed by atoms with Gasteiger partial charge >= 0.3 is 0 Å². The van der Waals surface area contributed by atoms with Crippen molar-refractivity contribution in [1.82, 2.24) is 25.8 Å². The first kappa shape index (κ1) is 28.4. The molecule has 1 saturated heterocycles. The van der Waals surface area contributed by atoms with Crippen LogP contribution in [-0.2, 0) is 24.4 Å². The molecule has 2 aliphatic heterocycles. The molecule has 7 rings (SSSR count). The number of carbonyl (C=O) groups is 1. The standard InChI is InChI=1S/C33H32ClN5O5/c34-27-15-21(17-35-18-22-7-11-31(40)37-22)32(43-19-23-3-2-12-36-39-23)38-33(27)44-28-10-8-25-24(4-1-5-26(25)28)20-6-9-29-30(16-20)42-14-13-41-29/h1-6,9,12,15-16,22,28,35H,7-8,10-11,13-14,17-19H2,(H,37,40)/t22-,28-/m0/s1. The SMILES string of the molecule is O=C1CC[C@@H](CNCc2cc(Cl)c(O[C@H]3CCc4c(-c5ccc6c(c5)OCCO6)cccc43)nc2OCc2cccnn2)N1. The maximum atomic E-state index is 11.6. The molecule has 0 spiro atoms. The zero-order valence-electron chi connectivity index (χ0n) is 24.1. The average Bonchev–Trinajstić information content (AvgIpc) is 3.67. The molecular formula is C33H32ClN5O5. The molecule has 0 bridgehead atoms. The number of carbonyl (C=O) groups excluding carboxylic acids is 1. The van der Waals surface area contributed by atoms with Gasteiger partial charge in [-0.2, -0.15) is 15.2 Å². The summed E-state index contributed by atoms with van der Waals surface area (Å²) in [4.78, 5) is 16.3. The zero-order chi connectivity index (χ0) is 29.9. The van der Waals surface area contributed by atoms with Gasteiger partial charge in [-0.25, -0.2) is 0 Å². The molecule has 0 radical (unpaired) electrons. The molecule has 3 aliphatic rings. The van der Waals surface area contributed by atoms with Crippen LogP contribution in [0.2, 0.25) is 5.02 Å². The second-order valence-electron chi connectivity index (χ2n) is 11.1. The number of hydrogen-bond acceptors (Lipinski definition) is 9. The lowest BCUT2D eigenvalue weighted by molar-refractivity contribution is -0.119. The van der Waals surface area contributed by atoms with Gasteiger partial charge in [0.2, 0.25) is 17.7 Å². The Balaban J connectivity index is 1.11. The molecule has 2 N–H and O–H groups in total. The molecule has 4 aromatic rings. The number of nitrogens with zero attached hydrogens (tertiary/aromatic N) is 3. The Morgan fingerprint density at radius 2 is 1.91 bits per heavy atom. The third-order valence-electron chi connectivity index (χ3n) is 8.08. The first-order valence-electron chi connectivity index (χ1n) is 14.9. The summed E-state index contributed by atoms with van der Waals surface area (Å²) in [6.07, 6.45) is 4.42. The van der Waals surface area contributed by atoms with E-state index in [0.717, 1.165) is 53.0 Å². The molecule has 4 heterocycles. The smallest absolute Gasteiger partial charge is 0.236 e. The van der Waals surface area contributed by atoms with Gasteiger partial charge < -0.3 is 29.6 Å². The Labute approximate surface area is 260 Å². The predicted octanol–water partition coefficient (Wildman–Crippen LogP) is 4.98. The van der Waals surface area contributed by atoms with Crippen LogP contribution in [0, 0.1) is 0 Å². The Morgan fingerprint density at radius 1 is 1.00 bits per heavy atom. The van der Waals surface area contributed by atoms with E-state index >= 15 is 0 Å². The van der Waals surface area contributed by atoms with Crippen molar-refractivity contribution in [1.29, 1.82) is 0 Å². The largest absolute Gasteiger partial charge is 0.486 e. The predicted molar refractivity (Wildman–Crippen MR) is 163 cm³/mol. The summed E-state index contributed by atoms with van der Waals surface area (Å²) in [5.41, 5.74) is 6.04. The highest BCUT2D eigenvalue weighted by molar-refractivity contribution is 6.31. The fourth-order valence-electron chi connectivity index (χ4n) is 5.95. The van der Waals surface area contributed by atoms with E-state index in [0.29, 0.717) is 55.2 Å². The molecule has 0 unspecified atom stereocenters. The Bertz CT molecular complexity index is 1670. The number of hydrogen-bond donors (Lipinski definition) is 2. The minimum Gasteiger partial charge on any atom is -0.486 e. The van der Waals surface area contributed by atoms with E-state index in [2.05, 4.69) is 45.1 Å². The van der Waals surface area contributed by atoms with E-state index in [4.69, 9.17) is 35.5 Å². The highest BCUT2D eigenvalue weighted by Crippen LogP contribution is 2.43. The van der Waals surface area contributed by atoms with Crippen LogP contribution in [0.5, 0.6) is 23.3 Å². The quantitative estimate of drug-likeness (QED) is 0.255. The third kappa shape index (κ3) is 6.13. The molecule has 2 aromatic heterocycles. The number of aromatic nitrogens is 3. The van der Waals surface area contributed by atoms with Crippen molar-refractivity contribution < 1.29 is 23.7 Å². The fraction of sp³-hybridized carbons (Fsp3) is 0.333. The number of rotatable bonds is 10. The van der Waals surface area contributed by atoms with Crippen LogP contribution in [0.25, 0.3) is 11.1 Å². The van der Waals surface area contributed by atoms with Crippen LogP contribution >= 0.6 is 11.6 Å². The summed E-state index contributed by atoms with van der Waals surface area (Å²) in [7, 11) is 0. The Kier molecular flexibility index (Phi) is 8.17. The van der Waals surface area contributed by atoms with Crippen LogP contribution in [0.1, 0.15) is 47.8 Å². The second kappa shape index (κ2) is 12.7. The fourth-order valence-corrected chi connectivity index (χ4v) is 6.17. The second-order valence-corrected chi connectivity index (χ2v) is 11.5. The lowest BCUT2D eigenvalue weighted by Crippen LogP contribution is -2.35. The van der Waals surface area contributed by atoms with E-state index in [1.54, 1.807) is 6.20 Å². The normalized spacial score (nSPS) is 18.5. The van der Waals surface area contributed by atoms with Crippen molar-refractivity contribution in [3.8, 4) is 34.4 Å². The van der Waals surface area contributed by atoms with Gasteiger partial charge in [0.25, 0.3) is 0 Å². The summed E-state index contributed by atoms with van der Waals surface area (Å²) >= 11 is 6.77. The van der Waals surface area contributed by atoms with E-state index in [1.807, 2.05) is 30.3 Å². The van der Waals surface area contributed by atoms with Crippen LogP contribution < -0.4 is 29.6 Å². The Hall–Kier alpha value is -4.41. The number of amides is 1. The molecule has 1 aliphatic carbocycles. The van der Waals surface area contributed by atoms with Gasteiger partial charge in [0.1, 0.15) is 36.6 Å². The van der Waals surface area contributed by atoms with Gasteiger partial charge in [-0.3, -0.25) is 4.79 Å². The highest BCUT2D eigenvalue weighted by atomic mass is 35.5. The van der Waals surface area contributed by atoms with Crippen molar-refractivity contribution in [2.75, 3.05) is 19.8 Å². The van der Waals surface area contributed by atoms with Gasteiger partial charge in [0.05, 0.1) is 0 Å². The van der Waals surface area contributed by atoms with Gasteiger partial charge in [-0.15, -0.1) is 0 Å². The number of benzene rings is 2. The van der Waals surface area contributed by atoms with Gasteiger partial charge in [0.15, 0.2) is 11.5 Å². The molecule has 44 heavy (non-hydrogen) atoms. The summed E-state index contributed by atoms with van der Waals surface area (Å²) < 4.78 is 24.2. The van der Waals surface area contributed by atoms with Gasteiger partial charge in [-0.05, 0) is 71.8 Å². The number of pyridine rings is 1. The van der Waals surface area contributed by atoms with Gasteiger partial charge in [-0.1, -0.05) is 35.9 Å².